The Balaban J connectivity index is 1.76. The van der Waals surface area contributed by atoms with Crippen molar-refractivity contribution in [2.75, 3.05) is 45.2 Å². The molecule has 2 aromatic rings. The summed E-state index contributed by atoms with van der Waals surface area (Å²) in [5, 5.41) is 2.31. The number of sulfonamides is 1. The molecule has 0 saturated carbocycles. The number of hydrogen-bond donors (Lipinski definition) is 1. The molecule has 1 saturated heterocycles. The van der Waals surface area contributed by atoms with Crippen molar-refractivity contribution in [1.82, 2.24) is 9.21 Å². The second-order valence-corrected chi connectivity index (χ2v) is 10.9. The van der Waals surface area contributed by atoms with Crippen LogP contribution in [0.1, 0.15) is 24.2 Å². The fourth-order valence-corrected chi connectivity index (χ4v) is 6.02. The predicted octanol–water partition coefficient (Wildman–Crippen LogP) is 2.92. The minimum Gasteiger partial charge on any atom is -0.468 e. The van der Waals surface area contributed by atoms with Crippen LogP contribution in [0.3, 0.4) is 0 Å². The molecule has 178 valence electrons. The van der Waals surface area contributed by atoms with E-state index in [9.17, 15) is 18.0 Å². The summed E-state index contributed by atoms with van der Waals surface area (Å²) < 4.78 is 32.5. The lowest BCUT2D eigenvalue weighted by molar-refractivity contribution is -0.139. The Labute approximate surface area is 199 Å². The number of hydrogen-bond acceptors (Lipinski definition) is 7. The lowest BCUT2D eigenvalue weighted by Crippen LogP contribution is -2.48. The number of rotatable bonds is 8. The number of benzene rings is 2. The van der Waals surface area contributed by atoms with Crippen molar-refractivity contribution < 1.29 is 22.7 Å². The number of thioether (sulfide) groups is 1. The first-order valence-electron chi connectivity index (χ1n) is 10.7. The summed E-state index contributed by atoms with van der Waals surface area (Å²) in [4.78, 5) is 27.7. The zero-order chi connectivity index (χ0) is 24.0. The zero-order valence-corrected chi connectivity index (χ0v) is 20.6. The molecular formula is C23H29N3O5S2. The minimum atomic E-state index is -3.65. The topological polar surface area (TPSA) is 96.0 Å². The molecule has 33 heavy (non-hydrogen) atoms. The molecule has 8 nitrogen and oxygen atoms in total. The van der Waals surface area contributed by atoms with Crippen LogP contribution in [0.2, 0.25) is 0 Å². The minimum absolute atomic E-state index is 0.146. The molecule has 1 heterocycles. The van der Waals surface area contributed by atoms with Gasteiger partial charge in [-0.15, -0.1) is 11.8 Å². The molecule has 1 fully saturated rings. The normalized spacial score (nSPS) is 16.2. The van der Waals surface area contributed by atoms with Gasteiger partial charge < -0.3 is 15.0 Å². The van der Waals surface area contributed by atoms with E-state index in [1.165, 1.54) is 29.2 Å². The van der Waals surface area contributed by atoms with Crippen molar-refractivity contribution in [2.24, 2.45) is 0 Å². The van der Waals surface area contributed by atoms with E-state index in [0.29, 0.717) is 42.3 Å². The van der Waals surface area contributed by atoms with Crippen molar-refractivity contribution >= 4 is 39.3 Å². The molecule has 0 bridgehead atoms. The Morgan fingerprint density at radius 1 is 1.09 bits per heavy atom. The molecule has 1 unspecified atom stereocenters. The van der Waals surface area contributed by atoms with Gasteiger partial charge in [0.1, 0.15) is 5.25 Å². The summed E-state index contributed by atoms with van der Waals surface area (Å²) in [6.07, 6.45) is 0. The summed E-state index contributed by atoms with van der Waals surface area (Å²) in [6.45, 7) is 6.94. The van der Waals surface area contributed by atoms with Crippen molar-refractivity contribution in [2.45, 2.75) is 28.9 Å². The Kier molecular flexibility index (Phi) is 8.52. The van der Waals surface area contributed by atoms with Crippen LogP contribution in [0.5, 0.6) is 0 Å². The van der Waals surface area contributed by atoms with Gasteiger partial charge in [0, 0.05) is 36.8 Å². The molecule has 1 atom stereocenters. The maximum Gasteiger partial charge on any atom is 0.318 e. The van der Waals surface area contributed by atoms with Crippen LogP contribution in [0.4, 0.5) is 5.69 Å². The third kappa shape index (κ3) is 6.14. The number of methoxy groups -OCH3 is 1. The monoisotopic (exact) mass is 491 g/mol. The second-order valence-electron chi connectivity index (χ2n) is 7.60. The summed E-state index contributed by atoms with van der Waals surface area (Å²) in [7, 11) is -2.33. The van der Waals surface area contributed by atoms with Crippen LogP contribution in [-0.2, 0) is 19.6 Å². The van der Waals surface area contributed by atoms with Crippen molar-refractivity contribution in [3.05, 3.63) is 54.1 Å². The van der Waals surface area contributed by atoms with Crippen molar-refractivity contribution in [3.8, 4) is 0 Å². The average molecular weight is 492 g/mol. The van der Waals surface area contributed by atoms with E-state index in [4.69, 9.17) is 4.74 Å². The SMILES string of the molecule is CCN1CCN(S(=O)(=O)c2cccc(NC(=O)c3ccccc3SC(C)C(=O)OC)c2)CC1. The van der Waals surface area contributed by atoms with Gasteiger partial charge in [-0.05, 0) is 43.8 Å². The summed E-state index contributed by atoms with van der Waals surface area (Å²) in [5.74, 6) is -0.769. The summed E-state index contributed by atoms with van der Waals surface area (Å²) in [5.41, 5.74) is 0.774. The molecule has 1 aliphatic rings. The number of carbonyl (C=O) groups excluding carboxylic acids is 2. The quantitative estimate of drug-likeness (QED) is 0.448. The number of carbonyl (C=O) groups is 2. The first kappa shape index (κ1) is 25.2. The highest BCUT2D eigenvalue weighted by molar-refractivity contribution is 8.00. The molecular weight excluding hydrogens is 462 g/mol. The van der Waals surface area contributed by atoms with E-state index in [2.05, 4.69) is 17.1 Å². The third-order valence-corrected chi connectivity index (χ3v) is 8.53. The molecule has 0 aliphatic carbocycles. The van der Waals surface area contributed by atoms with Gasteiger partial charge in [-0.1, -0.05) is 25.1 Å². The molecule has 0 aromatic heterocycles. The van der Waals surface area contributed by atoms with E-state index in [1.54, 1.807) is 49.4 Å². The number of esters is 1. The predicted molar refractivity (Wildman–Crippen MR) is 129 cm³/mol. The van der Waals surface area contributed by atoms with Crippen LogP contribution in [0.25, 0.3) is 0 Å². The number of likely N-dealkylation sites (N-methyl/N-ethyl adjacent to an activating group) is 1. The van der Waals surface area contributed by atoms with Crippen molar-refractivity contribution in [1.29, 1.82) is 0 Å². The van der Waals surface area contributed by atoms with E-state index >= 15 is 0 Å². The number of amides is 1. The smallest absolute Gasteiger partial charge is 0.318 e. The first-order chi connectivity index (χ1) is 15.8. The van der Waals surface area contributed by atoms with E-state index < -0.39 is 15.3 Å². The van der Waals surface area contributed by atoms with Gasteiger partial charge in [0.15, 0.2) is 0 Å². The van der Waals surface area contributed by atoms with Gasteiger partial charge >= 0.3 is 5.97 Å². The van der Waals surface area contributed by atoms with Gasteiger partial charge in [-0.25, -0.2) is 8.42 Å². The second kappa shape index (κ2) is 11.1. The number of anilines is 1. The van der Waals surface area contributed by atoms with E-state index in [-0.39, 0.29) is 16.8 Å². The zero-order valence-electron chi connectivity index (χ0n) is 19.0. The highest BCUT2D eigenvalue weighted by Gasteiger charge is 2.28. The van der Waals surface area contributed by atoms with Gasteiger partial charge in [0.2, 0.25) is 10.0 Å². The van der Waals surface area contributed by atoms with Crippen molar-refractivity contribution in [3.63, 3.8) is 0 Å². The molecule has 10 heteroatoms. The highest BCUT2D eigenvalue weighted by Crippen LogP contribution is 2.28. The maximum atomic E-state index is 13.1. The molecule has 2 aromatic carbocycles. The van der Waals surface area contributed by atoms with Crippen LogP contribution in [-0.4, -0.2) is 74.6 Å². The molecule has 0 radical (unpaired) electrons. The number of nitrogens with zero attached hydrogens (tertiary/aromatic N) is 2. The fourth-order valence-electron chi connectivity index (χ4n) is 3.53. The molecule has 0 spiro atoms. The van der Waals surface area contributed by atoms with Crippen LogP contribution >= 0.6 is 11.8 Å². The Hall–Kier alpha value is -2.40. The van der Waals surface area contributed by atoms with E-state index in [1.807, 2.05) is 0 Å². The lowest BCUT2D eigenvalue weighted by atomic mass is 10.2. The van der Waals surface area contributed by atoms with Gasteiger partial charge in [-0.3, -0.25) is 9.59 Å². The summed E-state index contributed by atoms with van der Waals surface area (Å²) >= 11 is 1.23. The van der Waals surface area contributed by atoms with Gasteiger partial charge in [0.05, 0.1) is 17.6 Å². The highest BCUT2D eigenvalue weighted by atomic mass is 32.2. The fraction of sp³-hybridized carbons (Fsp3) is 0.391. The average Bonchev–Trinajstić information content (AvgIpc) is 2.83. The molecule has 1 amide bonds. The molecule has 1 aliphatic heterocycles. The Morgan fingerprint density at radius 3 is 2.45 bits per heavy atom. The number of ether oxygens (including phenoxy) is 1. The van der Waals surface area contributed by atoms with E-state index in [0.717, 1.165) is 6.54 Å². The summed E-state index contributed by atoms with van der Waals surface area (Å²) in [6, 6.07) is 13.2. The maximum absolute atomic E-state index is 13.1. The Bertz CT molecular complexity index is 1100. The largest absolute Gasteiger partial charge is 0.468 e. The van der Waals surface area contributed by atoms with Gasteiger partial charge in [-0.2, -0.15) is 4.31 Å². The van der Waals surface area contributed by atoms with Crippen LogP contribution in [0.15, 0.2) is 58.3 Å². The molecule has 1 N–H and O–H groups in total. The number of piperazine rings is 1. The Morgan fingerprint density at radius 2 is 1.79 bits per heavy atom. The molecule has 3 rings (SSSR count). The van der Waals surface area contributed by atoms with Crippen LogP contribution in [0, 0.1) is 0 Å². The van der Waals surface area contributed by atoms with Gasteiger partial charge in [0.25, 0.3) is 5.91 Å². The van der Waals surface area contributed by atoms with Crippen LogP contribution < -0.4 is 5.32 Å². The first-order valence-corrected chi connectivity index (χ1v) is 13.1. The third-order valence-electron chi connectivity index (χ3n) is 5.48. The standard InChI is InChI=1S/C23H29N3O5S2/c1-4-25-12-14-26(15-13-25)33(29,30)19-9-7-8-18(16-19)24-22(27)20-10-5-6-11-21(20)32-17(2)23(28)31-3/h5-11,16-17H,4,12-15H2,1-3H3,(H,24,27). The number of nitrogens with one attached hydrogen (secondary N) is 1. The lowest BCUT2D eigenvalue weighted by Gasteiger charge is -2.33.